The molecule has 0 heterocycles. The maximum Gasteiger partial charge on any atom is 0.278 e. The first-order chi connectivity index (χ1) is 7.74. The summed E-state index contributed by atoms with van der Waals surface area (Å²) in [6.45, 7) is 0. The van der Waals surface area contributed by atoms with Gasteiger partial charge < -0.3 is 0 Å². The van der Waals surface area contributed by atoms with Crippen LogP contribution in [0, 0.1) is 20.8 Å². The second-order valence-electron chi connectivity index (χ2n) is 3.08. The first-order valence-electron chi connectivity index (χ1n) is 4.46. The summed E-state index contributed by atoms with van der Waals surface area (Å²) >= 11 is 0.939. The SMILES string of the molecule is N#CSc1cc([N+](=O)[O-])c2cccccc1-2. The van der Waals surface area contributed by atoms with E-state index in [0.717, 1.165) is 17.3 Å². The Morgan fingerprint density at radius 1 is 1.25 bits per heavy atom. The van der Waals surface area contributed by atoms with Crippen LogP contribution < -0.4 is 0 Å². The van der Waals surface area contributed by atoms with Crippen LogP contribution in [0.1, 0.15) is 0 Å². The summed E-state index contributed by atoms with van der Waals surface area (Å²) in [4.78, 5) is 11.0. The molecule has 16 heavy (non-hydrogen) atoms. The van der Waals surface area contributed by atoms with Crippen molar-refractivity contribution in [2.75, 3.05) is 0 Å². The van der Waals surface area contributed by atoms with Gasteiger partial charge in [-0.1, -0.05) is 24.3 Å². The van der Waals surface area contributed by atoms with Gasteiger partial charge in [-0.05, 0) is 17.8 Å². The largest absolute Gasteiger partial charge is 0.278 e. The van der Waals surface area contributed by atoms with Gasteiger partial charge in [0.1, 0.15) is 5.40 Å². The van der Waals surface area contributed by atoms with Gasteiger partial charge in [-0.3, -0.25) is 10.1 Å². The van der Waals surface area contributed by atoms with E-state index < -0.39 is 4.92 Å². The molecule has 0 saturated heterocycles. The van der Waals surface area contributed by atoms with Gasteiger partial charge in [0, 0.05) is 16.5 Å². The molecule has 0 amide bonds. The molecule has 0 aromatic rings. The van der Waals surface area contributed by atoms with E-state index in [-0.39, 0.29) is 5.69 Å². The summed E-state index contributed by atoms with van der Waals surface area (Å²) in [5.74, 6) is 0. The van der Waals surface area contributed by atoms with Crippen molar-refractivity contribution in [3.8, 4) is 16.5 Å². The normalized spacial score (nSPS) is 9.94. The molecule has 2 aliphatic rings. The number of nitrogens with zero attached hydrogens (tertiary/aromatic N) is 2. The number of hydrogen-bond acceptors (Lipinski definition) is 4. The quantitative estimate of drug-likeness (QED) is 0.343. The van der Waals surface area contributed by atoms with Crippen molar-refractivity contribution in [1.82, 2.24) is 0 Å². The molecule has 0 aromatic heterocycles. The number of nitriles is 1. The molecule has 0 atom stereocenters. The fourth-order valence-corrected chi connectivity index (χ4v) is 2.11. The summed E-state index contributed by atoms with van der Waals surface area (Å²) in [6, 6.07) is 10.3. The summed E-state index contributed by atoms with van der Waals surface area (Å²) in [7, 11) is 0. The lowest BCUT2D eigenvalue weighted by atomic mass is 10.2. The van der Waals surface area contributed by atoms with Crippen LogP contribution >= 0.6 is 11.8 Å². The minimum absolute atomic E-state index is 0.0453. The first kappa shape index (κ1) is 10.5. The maximum atomic E-state index is 10.8. The zero-order chi connectivity index (χ0) is 11.5. The van der Waals surface area contributed by atoms with Crippen LogP contribution in [0.4, 0.5) is 5.69 Å². The molecule has 0 radical (unpaired) electrons. The Hall–Kier alpha value is -2.06. The Bertz CT molecular complexity index is 563. The highest BCUT2D eigenvalue weighted by molar-refractivity contribution is 8.03. The van der Waals surface area contributed by atoms with Crippen LogP contribution in [0.15, 0.2) is 41.3 Å². The molecule has 0 saturated carbocycles. The Balaban J connectivity index is 2.70. The molecule has 0 bridgehead atoms. The van der Waals surface area contributed by atoms with E-state index in [2.05, 4.69) is 0 Å². The Kier molecular flexibility index (Phi) is 2.75. The van der Waals surface area contributed by atoms with Crippen LogP contribution in [-0.2, 0) is 0 Å². The molecule has 0 unspecified atom stereocenters. The maximum absolute atomic E-state index is 10.8. The first-order valence-corrected chi connectivity index (χ1v) is 5.28. The molecule has 0 spiro atoms. The fraction of sp³-hybridized carbons (Fsp3) is 0. The minimum Gasteiger partial charge on any atom is -0.258 e. The van der Waals surface area contributed by atoms with Crippen LogP contribution in [0.5, 0.6) is 0 Å². The summed E-state index contributed by atoms with van der Waals surface area (Å²) in [5.41, 5.74) is 1.35. The molecule has 0 fully saturated rings. The van der Waals surface area contributed by atoms with E-state index in [0.29, 0.717) is 10.5 Å². The van der Waals surface area contributed by atoms with E-state index in [1.54, 1.807) is 30.3 Å². The summed E-state index contributed by atoms with van der Waals surface area (Å²) in [6.07, 6.45) is 0. The van der Waals surface area contributed by atoms with Crippen molar-refractivity contribution < 1.29 is 4.92 Å². The molecule has 2 rings (SSSR count). The van der Waals surface area contributed by atoms with Crippen molar-refractivity contribution in [1.29, 1.82) is 5.26 Å². The standard InChI is InChI=1S/C11H6N2O2S/c12-7-16-11-6-10(13(14)15)8-4-2-1-3-5-9(8)11/h1-6H. The van der Waals surface area contributed by atoms with Crippen LogP contribution in [-0.4, -0.2) is 4.92 Å². The highest BCUT2D eigenvalue weighted by atomic mass is 32.2. The molecule has 2 aliphatic carbocycles. The van der Waals surface area contributed by atoms with Gasteiger partial charge in [-0.2, -0.15) is 5.26 Å². The van der Waals surface area contributed by atoms with Gasteiger partial charge in [0.15, 0.2) is 0 Å². The average molecular weight is 230 g/mol. The van der Waals surface area contributed by atoms with Gasteiger partial charge in [-0.25, -0.2) is 0 Å². The van der Waals surface area contributed by atoms with Gasteiger partial charge in [0.05, 0.1) is 10.5 Å². The molecular formula is C11H6N2O2S. The monoisotopic (exact) mass is 230 g/mol. The van der Waals surface area contributed by atoms with Crippen molar-refractivity contribution in [3.05, 3.63) is 46.5 Å². The highest BCUT2D eigenvalue weighted by Crippen LogP contribution is 2.41. The van der Waals surface area contributed by atoms with Crippen molar-refractivity contribution in [2.45, 2.75) is 4.90 Å². The van der Waals surface area contributed by atoms with Crippen molar-refractivity contribution in [2.24, 2.45) is 0 Å². The number of thioether (sulfide) groups is 1. The van der Waals surface area contributed by atoms with Gasteiger partial charge in [-0.15, -0.1) is 0 Å². The molecule has 4 nitrogen and oxygen atoms in total. The van der Waals surface area contributed by atoms with Crippen LogP contribution in [0.3, 0.4) is 0 Å². The predicted octanol–water partition coefficient (Wildman–Crippen LogP) is 3.27. The zero-order valence-corrected chi connectivity index (χ0v) is 8.90. The molecule has 0 aliphatic heterocycles. The van der Waals surface area contributed by atoms with Gasteiger partial charge in [0.2, 0.25) is 0 Å². The van der Waals surface area contributed by atoms with Gasteiger partial charge in [0.25, 0.3) is 5.69 Å². The van der Waals surface area contributed by atoms with Crippen LogP contribution in [0.2, 0.25) is 0 Å². The van der Waals surface area contributed by atoms with Crippen molar-refractivity contribution >= 4 is 17.4 Å². The number of hydrogen-bond donors (Lipinski definition) is 0. The molecule has 0 N–H and O–H groups in total. The van der Waals surface area contributed by atoms with E-state index in [1.165, 1.54) is 6.07 Å². The zero-order valence-electron chi connectivity index (χ0n) is 8.08. The molecule has 0 aromatic carbocycles. The highest BCUT2D eigenvalue weighted by Gasteiger charge is 2.22. The fourth-order valence-electron chi connectivity index (χ4n) is 1.55. The summed E-state index contributed by atoms with van der Waals surface area (Å²) < 4.78 is 0. The Labute approximate surface area is 96.0 Å². The predicted molar refractivity (Wildman–Crippen MR) is 61.2 cm³/mol. The molecular weight excluding hydrogens is 224 g/mol. The third-order valence-electron chi connectivity index (χ3n) is 2.20. The Morgan fingerprint density at radius 3 is 2.56 bits per heavy atom. The Morgan fingerprint density at radius 2 is 1.94 bits per heavy atom. The molecule has 78 valence electrons. The second-order valence-corrected chi connectivity index (χ2v) is 3.91. The number of nitro groups is 1. The van der Waals surface area contributed by atoms with E-state index in [9.17, 15) is 10.1 Å². The third-order valence-corrected chi connectivity index (χ3v) is 2.85. The smallest absolute Gasteiger partial charge is 0.258 e. The topological polar surface area (TPSA) is 66.9 Å². The van der Waals surface area contributed by atoms with Crippen molar-refractivity contribution in [3.63, 3.8) is 0 Å². The second kappa shape index (κ2) is 4.21. The van der Waals surface area contributed by atoms with E-state index >= 15 is 0 Å². The minimum atomic E-state index is -0.427. The third kappa shape index (κ3) is 1.71. The summed E-state index contributed by atoms with van der Waals surface area (Å²) in [5, 5.41) is 21.4. The van der Waals surface area contributed by atoms with Crippen LogP contribution in [0.25, 0.3) is 11.1 Å². The lowest BCUT2D eigenvalue weighted by Gasteiger charge is -1.93. The number of fused-ring (bicyclic) bond motifs is 1. The van der Waals surface area contributed by atoms with E-state index in [4.69, 9.17) is 5.26 Å². The van der Waals surface area contributed by atoms with Gasteiger partial charge >= 0.3 is 0 Å². The molecule has 5 heteroatoms. The van der Waals surface area contributed by atoms with E-state index in [1.807, 2.05) is 5.40 Å². The average Bonchev–Trinajstić information content (AvgIpc) is 2.46. The number of thiocyanates is 1. The number of rotatable bonds is 2. The lowest BCUT2D eigenvalue weighted by Crippen LogP contribution is -1.85. The lowest BCUT2D eigenvalue weighted by molar-refractivity contribution is -0.384.